The SMILES string of the molecule is CNCc1oc(COc2ccc(Cl)cc2Cl)cc1C. The van der Waals surface area contributed by atoms with Crippen molar-refractivity contribution >= 4 is 23.2 Å². The van der Waals surface area contributed by atoms with Crippen molar-refractivity contribution in [3.05, 3.63) is 51.4 Å². The molecule has 5 heteroatoms. The van der Waals surface area contributed by atoms with Gasteiger partial charge >= 0.3 is 0 Å². The lowest BCUT2D eigenvalue weighted by Gasteiger charge is -2.06. The van der Waals surface area contributed by atoms with Crippen molar-refractivity contribution in [1.29, 1.82) is 0 Å². The van der Waals surface area contributed by atoms with Gasteiger partial charge in [-0.05, 0) is 43.8 Å². The van der Waals surface area contributed by atoms with Crippen LogP contribution in [0.4, 0.5) is 0 Å². The number of benzene rings is 1. The molecule has 0 radical (unpaired) electrons. The number of halogens is 2. The topological polar surface area (TPSA) is 34.4 Å². The summed E-state index contributed by atoms with van der Waals surface area (Å²) in [5, 5.41) is 4.13. The maximum Gasteiger partial charge on any atom is 0.146 e. The molecule has 3 nitrogen and oxygen atoms in total. The van der Waals surface area contributed by atoms with Crippen LogP contribution >= 0.6 is 23.2 Å². The molecule has 0 amide bonds. The molecule has 0 saturated carbocycles. The van der Waals surface area contributed by atoms with Crippen LogP contribution in [0.1, 0.15) is 17.1 Å². The van der Waals surface area contributed by atoms with E-state index in [0.717, 1.165) is 17.1 Å². The first-order valence-corrected chi connectivity index (χ1v) is 6.66. The Kier molecular flexibility index (Phi) is 4.75. The molecule has 0 fully saturated rings. The van der Waals surface area contributed by atoms with Crippen LogP contribution in [-0.2, 0) is 13.2 Å². The molecule has 0 bridgehead atoms. The molecule has 1 aromatic carbocycles. The van der Waals surface area contributed by atoms with Crippen LogP contribution in [0.5, 0.6) is 5.75 Å². The number of furan rings is 1. The maximum atomic E-state index is 6.03. The third-order valence-electron chi connectivity index (χ3n) is 2.67. The second-order valence-electron chi connectivity index (χ2n) is 4.21. The van der Waals surface area contributed by atoms with Gasteiger partial charge in [-0.2, -0.15) is 0 Å². The molecule has 0 aliphatic heterocycles. The van der Waals surface area contributed by atoms with Crippen LogP contribution in [0, 0.1) is 6.92 Å². The van der Waals surface area contributed by atoms with Crippen LogP contribution in [0.3, 0.4) is 0 Å². The standard InChI is InChI=1S/C14H15Cl2NO2/c1-9-5-11(19-14(9)7-17-2)8-18-13-4-3-10(15)6-12(13)16/h3-6,17H,7-8H2,1-2H3. The molecule has 0 aliphatic carbocycles. The van der Waals surface area contributed by atoms with E-state index in [9.17, 15) is 0 Å². The smallest absolute Gasteiger partial charge is 0.146 e. The lowest BCUT2D eigenvalue weighted by Crippen LogP contribution is -2.04. The van der Waals surface area contributed by atoms with Crippen LogP contribution in [-0.4, -0.2) is 7.05 Å². The van der Waals surface area contributed by atoms with Crippen molar-refractivity contribution in [2.75, 3.05) is 7.05 Å². The highest BCUT2D eigenvalue weighted by atomic mass is 35.5. The first-order valence-electron chi connectivity index (χ1n) is 5.91. The summed E-state index contributed by atoms with van der Waals surface area (Å²) in [6.45, 7) is 3.05. The molecule has 1 heterocycles. The van der Waals surface area contributed by atoms with Gasteiger partial charge in [-0.1, -0.05) is 23.2 Å². The highest BCUT2D eigenvalue weighted by molar-refractivity contribution is 6.35. The molecule has 1 aromatic heterocycles. The monoisotopic (exact) mass is 299 g/mol. The van der Waals surface area contributed by atoms with Gasteiger partial charge in [0.2, 0.25) is 0 Å². The van der Waals surface area contributed by atoms with Crippen LogP contribution in [0.15, 0.2) is 28.7 Å². The van der Waals surface area contributed by atoms with Gasteiger partial charge in [0.25, 0.3) is 0 Å². The minimum Gasteiger partial charge on any atom is -0.484 e. The average Bonchev–Trinajstić information content (AvgIpc) is 2.70. The summed E-state index contributed by atoms with van der Waals surface area (Å²) in [6.07, 6.45) is 0. The van der Waals surface area contributed by atoms with Gasteiger partial charge in [-0.15, -0.1) is 0 Å². The molecule has 0 aliphatic rings. The van der Waals surface area contributed by atoms with E-state index in [1.807, 2.05) is 20.0 Å². The van der Waals surface area contributed by atoms with Gasteiger partial charge in [0.1, 0.15) is 23.9 Å². The quantitative estimate of drug-likeness (QED) is 0.899. The molecule has 0 saturated heterocycles. The molecule has 2 rings (SSSR count). The Morgan fingerprint density at radius 2 is 2.05 bits per heavy atom. The zero-order chi connectivity index (χ0) is 13.8. The highest BCUT2D eigenvalue weighted by Crippen LogP contribution is 2.28. The highest BCUT2D eigenvalue weighted by Gasteiger charge is 2.08. The minimum absolute atomic E-state index is 0.339. The lowest BCUT2D eigenvalue weighted by atomic mass is 10.2. The molecule has 102 valence electrons. The second kappa shape index (κ2) is 6.33. The van der Waals surface area contributed by atoms with E-state index < -0.39 is 0 Å². The summed E-state index contributed by atoms with van der Waals surface area (Å²) >= 11 is 11.9. The zero-order valence-electron chi connectivity index (χ0n) is 10.8. The Hall–Kier alpha value is -1.16. The zero-order valence-corrected chi connectivity index (χ0v) is 12.3. The number of hydrogen-bond acceptors (Lipinski definition) is 3. The number of ether oxygens (including phenoxy) is 1. The molecule has 0 atom stereocenters. The van der Waals surface area contributed by atoms with E-state index in [2.05, 4.69) is 5.32 Å². The molecule has 19 heavy (non-hydrogen) atoms. The van der Waals surface area contributed by atoms with E-state index in [1.165, 1.54) is 0 Å². The summed E-state index contributed by atoms with van der Waals surface area (Å²) in [6, 6.07) is 7.10. The Labute approximate surface area is 122 Å². The Bertz CT molecular complexity index is 567. The van der Waals surface area contributed by atoms with Crippen LogP contribution < -0.4 is 10.1 Å². The maximum absolute atomic E-state index is 6.03. The minimum atomic E-state index is 0.339. The van der Waals surface area contributed by atoms with Crippen LogP contribution in [0.25, 0.3) is 0 Å². The van der Waals surface area contributed by atoms with Gasteiger partial charge in [0, 0.05) is 5.02 Å². The molecule has 2 aromatic rings. The molecular formula is C14H15Cl2NO2. The fourth-order valence-corrected chi connectivity index (χ4v) is 2.20. The lowest BCUT2D eigenvalue weighted by molar-refractivity contribution is 0.265. The van der Waals surface area contributed by atoms with Gasteiger partial charge in [-0.3, -0.25) is 0 Å². The third-order valence-corrected chi connectivity index (χ3v) is 3.20. The van der Waals surface area contributed by atoms with E-state index >= 15 is 0 Å². The van der Waals surface area contributed by atoms with Crippen molar-refractivity contribution in [1.82, 2.24) is 5.32 Å². The number of hydrogen-bond donors (Lipinski definition) is 1. The van der Waals surface area contributed by atoms with Gasteiger partial charge in [-0.25, -0.2) is 0 Å². The van der Waals surface area contributed by atoms with Crippen molar-refractivity contribution < 1.29 is 9.15 Å². The van der Waals surface area contributed by atoms with Crippen LogP contribution in [0.2, 0.25) is 10.0 Å². The predicted octanol–water partition coefficient (Wildman–Crippen LogP) is 4.19. The van der Waals surface area contributed by atoms with Gasteiger partial charge in [0.15, 0.2) is 0 Å². The number of aryl methyl sites for hydroxylation is 1. The summed E-state index contributed by atoms with van der Waals surface area (Å²) < 4.78 is 11.3. The Balaban J connectivity index is 2.04. The fourth-order valence-electron chi connectivity index (χ4n) is 1.74. The largest absolute Gasteiger partial charge is 0.484 e. The van der Waals surface area contributed by atoms with Crippen molar-refractivity contribution in [3.8, 4) is 5.75 Å². The van der Waals surface area contributed by atoms with Crippen molar-refractivity contribution in [3.63, 3.8) is 0 Å². The first-order chi connectivity index (χ1) is 9.10. The molecule has 0 unspecified atom stereocenters. The summed E-state index contributed by atoms with van der Waals surface area (Å²) in [4.78, 5) is 0. The van der Waals surface area contributed by atoms with E-state index in [-0.39, 0.29) is 0 Å². The predicted molar refractivity (Wildman–Crippen MR) is 77.0 cm³/mol. The van der Waals surface area contributed by atoms with Gasteiger partial charge < -0.3 is 14.5 Å². The fraction of sp³-hybridized carbons (Fsp3) is 0.286. The second-order valence-corrected chi connectivity index (χ2v) is 5.06. The average molecular weight is 300 g/mol. The number of rotatable bonds is 5. The summed E-state index contributed by atoms with van der Waals surface area (Å²) in [5.74, 6) is 2.28. The first kappa shape index (κ1) is 14.3. The summed E-state index contributed by atoms with van der Waals surface area (Å²) in [7, 11) is 1.88. The summed E-state index contributed by atoms with van der Waals surface area (Å²) in [5.41, 5.74) is 1.11. The van der Waals surface area contributed by atoms with Crippen molar-refractivity contribution in [2.45, 2.75) is 20.1 Å². The van der Waals surface area contributed by atoms with Gasteiger partial charge in [0.05, 0.1) is 11.6 Å². The number of nitrogens with one attached hydrogen (secondary N) is 1. The molecule has 1 N–H and O–H groups in total. The normalized spacial score (nSPS) is 10.7. The van der Waals surface area contributed by atoms with E-state index in [1.54, 1.807) is 18.2 Å². The van der Waals surface area contributed by atoms with E-state index in [4.69, 9.17) is 32.4 Å². The third kappa shape index (κ3) is 3.66. The Morgan fingerprint density at radius 1 is 1.26 bits per heavy atom. The van der Waals surface area contributed by atoms with Crippen molar-refractivity contribution in [2.24, 2.45) is 0 Å². The van der Waals surface area contributed by atoms with E-state index in [0.29, 0.717) is 28.9 Å². The molecular weight excluding hydrogens is 285 g/mol. The Morgan fingerprint density at radius 3 is 2.74 bits per heavy atom. The molecule has 0 spiro atoms.